The second kappa shape index (κ2) is 5.13. The molecule has 0 aliphatic heterocycles. The van der Waals surface area contributed by atoms with Crippen LogP contribution in [0.25, 0.3) is 0 Å². The topological polar surface area (TPSA) is 9.23 Å². The molecule has 0 fully saturated rings. The van der Waals surface area contributed by atoms with Gasteiger partial charge in [-0.1, -0.05) is 31.0 Å². The molecule has 72 valence electrons. The number of ether oxygens (including phenoxy) is 1. The van der Waals surface area contributed by atoms with Crippen LogP contribution in [-0.4, -0.2) is 6.61 Å². The van der Waals surface area contributed by atoms with Crippen LogP contribution in [0, 0.1) is 0 Å². The Bertz CT molecular complexity index is 271. The molecule has 0 bridgehead atoms. The Hall–Kier alpha value is -0.690. The largest absolute Gasteiger partial charge is 0.492 e. The average molecular weight is 199 g/mol. The summed E-state index contributed by atoms with van der Waals surface area (Å²) in [4.78, 5) is 0. The van der Waals surface area contributed by atoms with Crippen molar-refractivity contribution in [1.82, 2.24) is 0 Å². The quantitative estimate of drug-likeness (QED) is 0.717. The summed E-state index contributed by atoms with van der Waals surface area (Å²) in [5.74, 6) is 0.781. The van der Waals surface area contributed by atoms with Crippen molar-refractivity contribution in [2.75, 3.05) is 6.61 Å². The van der Waals surface area contributed by atoms with Gasteiger partial charge >= 0.3 is 0 Å². The summed E-state index contributed by atoms with van der Waals surface area (Å²) in [7, 11) is 0. The predicted molar refractivity (Wildman–Crippen MR) is 56.6 cm³/mol. The fraction of sp³-hybridized carbons (Fsp3) is 0.455. The molecule has 0 amide bonds. The minimum absolute atomic E-state index is 0.660. The molecular weight excluding hydrogens is 184 g/mol. The van der Waals surface area contributed by atoms with Gasteiger partial charge in [-0.3, -0.25) is 0 Å². The van der Waals surface area contributed by atoms with Gasteiger partial charge in [0.25, 0.3) is 0 Å². The molecule has 2 heteroatoms. The summed E-state index contributed by atoms with van der Waals surface area (Å²) in [5, 5.41) is 0.716. The number of halogens is 1. The number of hydrogen-bond donors (Lipinski definition) is 0. The van der Waals surface area contributed by atoms with Gasteiger partial charge in [-0.25, -0.2) is 0 Å². The van der Waals surface area contributed by atoms with Gasteiger partial charge in [-0.2, -0.15) is 0 Å². The highest BCUT2D eigenvalue weighted by Crippen LogP contribution is 2.25. The van der Waals surface area contributed by atoms with Gasteiger partial charge in [0.15, 0.2) is 0 Å². The Morgan fingerprint density at radius 2 is 2.08 bits per heavy atom. The van der Waals surface area contributed by atoms with Gasteiger partial charge in [0.05, 0.1) is 11.6 Å². The number of aryl methyl sites for hydroxylation is 1. The summed E-state index contributed by atoms with van der Waals surface area (Å²) in [6.07, 6.45) is 2.22. The Labute approximate surface area is 84.7 Å². The van der Waals surface area contributed by atoms with E-state index in [1.807, 2.05) is 19.1 Å². The third-order valence-corrected chi connectivity index (χ3v) is 2.13. The maximum atomic E-state index is 6.02. The van der Waals surface area contributed by atoms with E-state index < -0.39 is 0 Å². The molecule has 0 spiro atoms. The SMILES string of the molecule is CCCc1ccc(OCC)c(Cl)c1. The van der Waals surface area contributed by atoms with Crippen LogP contribution >= 0.6 is 11.6 Å². The van der Waals surface area contributed by atoms with Gasteiger partial charge in [0.1, 0.15) is 5.75 Å². The van der Waals surface area contributed by atoms with E-state index in [9.17, 15) is 0 Å². The van der Waals surface area contributed by atoms with E-state index in [4.69, 9.17) is 16.3 Å². The van der Waals surface area contributed by atoms with Crippen LogP contribution in [-0.2, 0) is 6.42 Å². The fourth-order valence-corrected chi connectivity index (χ4v) is 1.52. The van der Waals surface area contributed by atoms with Crippen LogP contribution in [0.2, 0.25) is 5.02 Å². The molecule has 1 aromatic rings. The number of rotatable bonds is 4. The van der Waals surface area contributed by atoms with Crippen LogP contribution in [0.1, 0.15) is 25.8 Å². The fourth-order valence-electron chi connectivity index (χ4n) is 1.26. The van der Waals surface area contributed by atoms with Crippen molar-refractivity contribution in [3.05, 3.63) is 28.8 Å². The zero-order valence-electron chi connectivity index (χ0n) is 8.14. The molecule has 0 heterocycles. The predicted octanol–water partition coefficient (Wildman–Crippen LogP) is 3.69. The van der Waals surface area contributed by atoms with Crippen molar-refractivity contribution < 1.29 is 4.74 Å². The zero-order chi connectivity index (χ0) is 9.68. The molecule has 0 aliphatic rings. The molecule has 0 aromatic heterocycles. The minimum Gasteiger partial charge on any atom is -0.492 e. The molecule has 13 heavy (non-hydrogen) atoms. The first kappa shape index (κ1) is 10.4. The molecule has 1 rings (SSSR count). The van der Waals surface area contributed by atoms with Gasteiger partial charge in [-0.15, -0.1) is 0 Å². The molecule has 1 aromatic carbocycles. The van der Waals surface area contributed by atoms with Gasteiger partial charge in [0, 0.05) is 0 Å². The Balaban J connectivity index is 2.79. The highest BCUT2D eigenvalue weighted by molar-refractivity contribution is 6.32. The average Bonchev–Trinajstić information content (AvgIpc) is 2.10. The lowest BCUT2D eigenvalue weighted by Crippen LogP contribution is -1.93. The Morgan fingerprint density at radius 1 is 1.31 bits per heavy atom. The summed E-state index contributed by atoms with van der Waals surface area (Å²) >= 11 is 6.02. The van der Waals surface area contributed by atoms with Crippen LogP contribution in [0.15, 0.2) is 18.2 Å². The first-order valence-corrected chi connectivity index (χ1v) is 5.07. The number of benzene rings is 1. The Morgan fingerprint density at radius 3 is 2.62 bits per heavy atom. The summed E-state index contributed by atoms with van der Waals surface area (Å²) in [6, 6.07) is 5.99. The van der Waals surface area contributed by atoms with Crippen LogP contribution < -0.4 is 4.74 Å². The first-order valence-electron chi connectivity index (χ1n) is 4.69. The molecule has 0 N–H and O–H groups in total. The van der Waals surface area contributed by atoms with E-state index in [0.717, 1.165) is 18.6 Å². The summed E-state index contributed by atoms with van der Waals surface area (Å²) < 4.78 is 5.34. The van der Waals surface area contributed by atoms with Gasteiger partial charge in [-0.05, 0) is 31.0 Å². The van der Waals surface area contributed by atoms with Gasteiger partial charge < -0.3 is 4.74 Å². The molecule has 0 radical (unpaired) electrons. The van der Waals surface area contributed by atoms with E-state index in [-0.39, 0.29) is 0 Å². The van der Waals surface area contributed by atoms with Crippen molar-refractivity contribution >= 4 is 11.6 Å². The second-order valence-electron chi connectivity index (χ2n) is 2.95. The van der Waals surface area contributed by atoms with Crippen molar-refractivity contribution in [3.63, 3.8) is 0 Å². The van der Waals surface area contributed by atoms with E-state index >= 15 is 0 Å². The maximum Gasteiger partial charge on any atom is 0.137 e. The third-order valence-electron chi connectivity index (χ3n) is 1.83. The van der Waals surface area contributed by atoms with Gasteiger partial charge in [0.2, 0.25) is 0 Å². The van der Waals surface area contributed by atoms with Crippen LogP contribution in [0.5, 0.6) is 5.75 Å². The molecule has 0 unspecified atom stereocenters. The van der Waals surface area contributed by atoms with E-state index in [2.05, 4.69) is 13.0 Å². The normalized spacial score (nSPS) is 10.1. The molecule has 0 saturated heterocycles. The zero-order valence-corrected chi connectivity index (χ0v) is 8.90. The molecule has 1 nitrogen and oxygen atoms in total. The lowest BCUT2D eigenvalue weighted by Gasteiger charge is -2.06. The minimum atomic E-state index is 0.660. The maximum absolute atomic E-state index is 6.02. The smallest absolute Gasteiger partial charge is 0.137 e. The molecule has 0 aliphatic carbocycles. The summed E-state index contributed by atoms with van der Waals surface area (Å²) in [5.41, 5.74) is 1.27. The van der Waals surface area contributed by atoms with E-state index in [0.29, 0.717) is 11.6 Å². The Kier molecular flexibility index (Phi) is 4.10. The van der Waals surface area contributed by atoms with Crippen LogP contribution in [0.3, 0.4) is 0 Å². The lowest BCUT2D eigenvalue weighted by atomic mass is 10.1. The summed E-state index contributed by atoms with van der Waals surface area (Å²) in [6.45, 7) is 4.77. The monoisotopic (exact) mass is 198 g/mol. The van der Waals surface area contributed by atoms with E-state index in [1.165, 1.54) is 5.56 Å². The third kappa shape index (κ3) is 2.92. The first-order chi connectivity index (χ1) is 6.27. The second-order valence-corrected chi connectivity index (χ2v) is 3.35. The van der Waals surface area contributed by atoms with Crippen molar-refractivity contribution in [1.29, 1.82) is 0 Å². The van der Waals surface area contributed by atoms with Crippen molar-refractivity contribution in [3.8, 4) is 5.75 Å². The molecule has 0 saturated carbocycles. The lowest BCUT2D eigenvalue weighted by molar-refractivity contribution is 0.340. The van der Waals surface area contributed by atoms with Crippen molar-refractivity contribution in [2.45, 2.75) is 26.7 Å². The molecule has 0 atom stereocenters. The standard InChI is InChI=1S/C11H15ClO/c1-3-5-9-6-7-11(13-4-2)10(12)8-9/h6-8H,3-5H2,1-2H3. The highest BCUT2D eigenvalue weighted by Gasteiger charge is 2.01. The van der Waals surface area contributed by atoms with Crippen LogP contribution in [0.4, 0.5) is 0 Å². The molecular formula is C11H15ClO. The highest BCUT2D eigenvalue weighted by atomic mass is 35.5. The number of hydrogen-bond acceptors (Lipinski definition) is 1. The van der Waals surface area contributed by atoms with Crippen molar-refractivity contribution in [2.24, 2.45) is 0 Å². The van der Waals surface area contributed by atoms with E-state index in [1.54, 1.807) is 0 Å².